The summed E-state index contributed by atoms with van der Waals surface area (Å²) in [4.78, 5) is 15.4. The molecular weight excluding hydrogens is 265 g/mol. The van der Waals surface area contributed by atoms with Gasteiger partial charge in [-0.2, -0.15) is 4.98 Å². The van der Waals surface area contributed by atoms with Crippen LogP contribution in [0.5, 0.6) is 5.75 Å². The van der Waals surface area contributed by atoms with Crippen LogP contribution in [-0.4, -0.2) is 29.7 Å². The van der Waals surface area contributed by atoms with Gasteiger partial charge in [0.25, 0.3) is 0 Å². The Bertz CT molecular complexity index is 656. The molecule has 0 spiro atoms. The van der Waals surface area contributed by atoms with Gasteiger partial charge in [-0.05, 0) is 18.2 Å². The summed E-state index contributed by atoms with van der Waals surface area (Å²) in [7, 11) is 1.40. The highest BCUT2D eigenvalue weighted by Crippen LogP contribution is 2.26. The van der Waals surface area contributed by atoms with Crippen LogP contribution in [0, 0.1) is 5.82 Å². The summed E-state index contributed by atoms with van der Waals surface area (Å²) in [6.45, 7) is 0.484. The Morgan fingerprint density at radius 3 is 3.00 bits per heavy atom. The van der Waals surface area contributed by atoms with E-state index in [0.29, 0.717) is 30.2 Å². The molecule has 1 atom stereocenters. The summed E-state index contributed by atoms with van der Waals surface area (Å²) < 4.78 is 23.6. The monoisotopic (exact) mass is 277 g/mol. The van der Waals surface area contributed by atoms with Crippen LogP contribution in [0.3, 0.4) is 0 Å². The van der Waals surface area contributed by atoms with Gasteiger partial charge in [0, 0.05) is 18.5 Å². The number of carbonyl (C=O) groups excluding carboxylic acids is 1. The van der Waals surface area contributed by atoms with E-state index in [1.54, 1.807) is 6.07 Å². The molecule has 1 saturated heterocycles. The Hall–Kier alpha value is -2.44. The summed E-state index contributed by atoms with van der Waals surface area (Å²) in [5.74, 6) is 0.185. The molecule has 1 aromatic carbocycles. The van der Waals surface area contributed by atoms with Crippen molar-refractivity contribution in [3.05, 3.63) is 29.9 Å². The molecule has 0 aliphatic carbocycles. The van der Waals surface area contributed by atoms with Gasteiger partial charge in [0.05, 0.1) is 13.0 Å². The second-order valence-electron chi connectivity index (χ2n) is 4.51. The lowest BCUT2D eigenvalue weighted by Crippen LogP contribution is -2.13. The van der Waals surface area contributed by atoms with Crippen LogP contribution in [-0.2, 0) is 4.79 Å². The maximum Gasteiger partial charge on any atom is 0.232 e. The lowest BCUT2D eigenvalue weighted by atomic mass is 10.1. The van der Waals surface area contributed by atoms with Gasteiger partial charge in [0.2, 0.25) is 17.6 Å². The highest BCUT2D eigenvalue weighted by molar-refractivity contribution is 5.79. The first-order chi connectivity index (χ1) is 9.67. The van der Waals surface area contributed by atoms with Gasteiger partial charge in [0.1, 0.15) is 0 Å². The van der Waals surface area contributed by atoms with E-state index in [0.717, 1.165) is 0 Å². The molecule has 0 bridgehead atoms. The van der Waals surface area contributed by atoms with E-state index < -0.39 is 5.82 Å². The van der Waals surface area contributed by atoms with Crippen molar-refractivity contribution in [1.29, 1.82) is 0 Å². The molecule has 2 heterocycles. The predicted octanol–water partition coefficient (Wildman–Crippen LogP) is 1.49. The number of aromatic nitrogens is 2. The summed E-state index contributed by atoms with van der Waals surface area (Å²) >= 11 is 0. The Balaban J connectivity index is 1.86. The highest BCUT2D eigenvalue weighted by atomic mass is 19.1. The van der Waals surface area contributed by atoms with E-state index in [4.69, 9.17) is 9.26 Å². The van der Waals surface area contributed by atoms with Crippen molar-refractivity contribution in [1.82, 2.24) is 15.5 Å². The number of rotatable bonds is 3. The fraction of sp³-hybridized carbons (Fsp3) is 0.308. The zero-order chi connectivity index (χ0) is 14.1. The van der Waals surface area contributed by atoms with Crippen LogP contribution in [0.4, 0.5) is 4.39 Å². The first-order valence-electron chi connectivity index (χ1n) is 6.11. The van der Waals surface area contributed by atoms with Crippen LogP contribution >= 0.6 is 0 Å². The molecular formula is C13H12FN3O3. The van der Waals surface area contributed by atoms with Crippen LogP contribution in [0.25, 0.3) is 11.4 Å². The fourth-order valence-corrected chi connectivity index (χ4v) is 2.10. The number of amides is 1. The minimum Gasteiger partial charge on any atom is -0.494 e. The third-order valence-electron chi connectivity index (χ3n) is 3.18. The quantitative estimate of drug-likeness (QED) is 0.919. The van der Waals surface area contributed by atoms with E-state index in [-0.39, 0.29) is 17.6 Å². The Morgan fingerprint density at radius 1 is 1.50 bits per heavy atom. The molecule has 1 aliphatic rings. The molecule has 0 radical (unpaired) electrons. The average Bonchev–Trinajstić information content (AvgIpc) is 3.07. The number of nitrogens with zero attached hydrogens (tertiary/aromatic N) is 2. The molecule has 1 aliphatic heterocycles. The lowest BCUT2D eigenvalue weighted by Gasteiger charge is -2.02. The van der Waals surface area contributed by atoms with E-state index in [9.17, 15) is 9.18 Å². The molecule has 3 rings (SSSR count). The lowest BCUT2D eigenvalue weighted by molar-refractivity contribution is -0.119. The molecule has 2 aromatic rings. The maximum absolute atomic E-state index is 13.6. The van der Waals surface area contributed by atoms with Gasteiger partial charge in [-0.25, -0.2) is 4.39 Å². The topological polar surface area (TPSA) is 77.3 Å². The van der Waals surface area contributed by atoms with Gasteiger partial charge < -0.3 is 14.6 Å². The molecule has 104 valence electrons. The molecule has 0 unspecified atom stereocenters. The van der Waals surface area contributed by atoms with Crippen molar-refractivity contribution < 1.29 is 18.4 Å². The fourth-order valence-electron chi connectivity index (χ4n) is 2.10. The summed E-state index contributed by atoms with van der Waals surface area (Å²) in [5, 5.41) is 6.52. The number of nitrogens with one attached hydrogen (secondary N) is 1. The van der Waals surface area contributed by atoms with Crippen LogP contribution < -0.4 is 10.1 Å². The van der Waals surface area contributed by atoms with Gasteiger partial charge in [-0.15, -0.1) is 0 Å². The largest absolute Gasteiger partial charge is 0.494 e. The smallest absolute Gasteiger partial charge is 0.232 e. The summed E-state index contributed by atoms with van der Waals surface area (Å²) in [5.41, 5.74) is 0.496. The van der Waals surface area contributed by atoms with Crippen LogP contribution in [0.15, 0.2) is 22.7 Å². The Labute approximate surface area is 113 Å². The van der Waals surface area contributed by atoms with E-state index in [1.165, 1.54) is 19.2 Å². The van der Waals surface area contributed by atoms with Crippen molar-refractivity contribution in [2.45, 2.75) is 12.3 Å². The second-order valence-corrected chi connectivity index (χ2v) is 4.51. The summed E-state index contributed by atoms with van der Waals surface area (Å²) in [6.07, 6.45) is 0.332. The first kappa shape index (κ1) is 12.6. The van der Waals surface area contributed by atoms with Crippen molar-refractivity contribution in [3.8, 4) is 17.1 Å². The predicted molar refractivity (Wildman–Crippen MR) is 66.6 cm³/mol. The highest BCUT2D eigenvalue weighted by Gasteiger charge is 2.28. The molecule has 1 aromatic heterocycles. The molecule has 1 N–H and O–H groups in total. The molecule has 6 nitrogen and oxygen atoms in total. The van der Waals surface area contributed by atoms with E-state index >= 15 is 0 Å². The number of benzene rings is 1. The summed E-state index contributed by atoms with van der Waals surface area (Å²) in [6, 6.07) is 4.43. The minimum atomic E-state index is -0.492. The Morgan fingerprint density at radius 2 is 2.35 bits per heavy atom. The maximum atomic E-state index is 13.6. The van der Waals surface area contributed by atoms with Gasteiger partial charge >= 0.3 is 0 Å². The molecule has 20 heavy (non-hydrogen) atoms. The second kappa shape index (κ2) is 4.92. The Kier molecular flexibility index (Phi) is 3.09. The molecule has 7 heteroatoms. The number of hydrogen-bond donors (Lipinski definition) is 1. The standard InChI is InChI=1S/C13H12FN3O3/c1-19-10-3-2-7(4-9(10)14)12-16-13(20-17-12)8-5-11(18)15-6-8/h2-4,8H,5-6H2,1H3,(H,15,18)/t8-/m0/s1. The minimum absolute atomic E-state index is 0.0368. The van der Waals surface area contributed by atoms with Crippen molar-refractivity contribution in [2.75, 3.05) is 13.7 Å². The molecule has 0 saturated carbocycles. The van der Waals surface area contributed by atoms with Crippen LogP contribution in [0.2, 0.25) is 0 Å². The van der Waals surface area contributed by atoms with Gasteiger partial charge in [-0.3, -0.25) is 4.79 Å². The number of methoxy groups -OCH3 is 1. The van der Waals surface area contributed by atoms with E-state index in [2.05, 4.69) is 15.5 Å². The third-order valence-corrected chi connectivity index (χ3v) is 3.18. The first-order valence-corrected chi connectivity index (χ1v) is 6.11. The number of halogens is 1. The average molecular weight is 277 g/mol. The van der Waals surface area contributed by atoms with Gasteiger partial charge in [0.15, 0.2) is 11.6 Å². The van der Waals surface area contributed by atoms with Crippen molar-refractivity contribution in [3.63, 3.8) is 0 Å². The SMILES string of the molecule is COc1ccc(-c2noc([C@@H]3CNC(=O)C3)n2)cc1F. The zero-order valence-corrected chi connectivity index (χ0v) is 10.7. The number of ether oxygens (including phenoxy) is 1. The third kappa shape index (κ3) is 2.22. The van der Waals surface area contributed by atoms with Crippen molar-refractivity contribution >= 4 is 5.91 Å². The number of carbonyl (C=O) groups is 1. The number of hydrogen-bond acceptors (Lipinski definition) is 5. The molecule has 1 amide bonds. The van der Waals surface area contributed by atoms with E-state index in [1.807, 2.05) is 0 Å². The van der Waals surface area contributed by atoms with Crippen LogP contribution in [0.1, 0.15) is 18.2 Å². The molecule has 1 fully saturated rings. The van der Waals surface area contributed by atoms with Crippen molar-refractivity contribution in [2.24, 2.45) is 0 Å². The van der Waals surface area contributed by atoms with Gasteiger partial charge in [-0.1, -0.05) is 5.16 Å². The normalized spacial score (nSPS) is 18.1. The zero-order valence-electron chi connectivity index (χ0n) is 10.7.